The van der Waals surface area contributed by atoms with Gasteiger partial charge in [0, 0.05) is 17.3 Å². The number of benzene rings is 1. The quantitative estimate of drug-likeness (QED) is 0.721. The molecule has 1 rings (SSSR count). The number of nitrogen functional groups attached to an aromatic ring is 1. The minimum Gasteiger partial charge on any atom is -0.399 e. The lowest BCUT2D eigenvalue weighted by Crippen LogP contribution is -1.87. The van der Waals surface area contributed by atoms with Crippen LogP contribution in [0.4, 0.5) is 14.5 Å². The summed E-state index contributed by atoms with van der Waals surface area (Å²) in [6, 6.07) is 2.73. The van der Waals surface area contributed by atoms with Gasteiger partial charge in [-0.3, -0.25) is 0 Å². The van der Waals surface area contributed by atoms with Crippen molar-refractivity contribution in [3.05, 3.63) is 33.8 Å². The van der Waals surface area contributed by atoms with E-state index < -0.39 is 6.08 Å². The Bertz CT molecular complexity index is 336. The third-order valence-corrected chi connectivity index (χ3v) is 1.98. The average Bonchev–Trinajstić information content (AvgIpc) is 1.96. The summed E-state index contributed by atoms with van der Waals surface area (Å²) in [5.41, 5.74) is 5.80. The summed E-state index contributed by atoms with van der Waals surface area (Å²) in [7, 11) is 0. The third-order valence-electron chi connectivity index (χ3n) is 1.35. The number of anilines is 1. The maximum atomic E-state index is 11.9. The molecule has 0 aromatic heterocycles. The number of hydrogen-bond donors (Lipinski definition) is 1. The van der Waals surface area contributed by atoms with Crippen molar-refractivity contribution in [3.8, 4) is 0 Å². The van der Waals surface area contributed by atoms with Crippen LogP contribution in [-0.2, 0) is 0 Å². The van der Waals surface area contributed by atoms with Crippen molar-refractivity contribution in [3.63, 3.8) is 0 Å². The molecule has 70 valence electrons. The van der Waals surface area contributed by atoms with Crippen molar-refractivity contribution in [1.82, 2.24) is 0 Å². The highest BCUT2D eigenvalue weighted by Gasteiger charge is 2.06. The Balaban J connectivity index is 3.29. The highest BCUT2D eigenvalue weighted by atomic mass is 35.5. The summed E-state index contributed by atoms with van der Waals surface area (Å²) in [5, 5.41) is 0.218. The van der Waals surface area contributed by atoms with E-state index in [0.29, 0.717) is 11.8 Å². The fourth-order valence-electron chi connectivity index (χ4n) is 0.851. The minimum absolute atomic E-state index is 0.0810. The zero-order chi connectivity index (χ0) is 10.0. The SMILES string of the molecule is Nc1cc(Cl)c(C=C(F)F)c(Cl)c1. The summed E-state index contributed by atoms with van der Waals surface area (Å²) in [5.74, 6) is 0. The molecule has 0 aliphatic heterocycles. The lowest BCUT2D eigenvalue weighted by Gasteiger charge is -2.02. The minimum atomic E-state index is -1.85. The van der Waals surface area contributed by atoms with Gasteiger partial charge in [-0.2, -0.15) is 8.78 Å². The van der Waals surface area contributed by atoms with E-state index in [1.165, 1.54) is 12.1 Å². The monoisotopic (exact) mass is 223 g/mol. The van der Waals surface area contributed by atoms with E-state index in [1.807, 2.05) is 0 Å². The Morgan fingerprint density at radius 2 is 1.69 bits per heavy atom. The van der Waals surface area contributed by atoms with E-state index in [0.717, 1.165) is 0 Å². The van der Waals surface area contributed by atoms with Crippen LogP contribution in [0.2, 0.25) is 10.0 Å². The smallest absolute Gasteiger partial charge is 0.271 e. The molecule has 1 aromatic rings. The zero-order valence-electron chi connectivity index (χ0n) is 6.32. The van der Waals surface area contributed by atoms with Crippen LogP contribution in [0.25, 0.3) is 6.08 Å². The van der Waals surface area contributed by atoms with Crippen LogP contribution < -0.4 is 5.73 Å². The fourth-order valence-corrected chi connectivity index (χ4v) is 1.46. The van der Waals surface area contributed by atoms with Crippen molar-refractivity contribution in [2.75, 3.05) is 5.73 Å². The Hall–Kier alpha value is -0.800. The van der Waals surface area contributed by atoms with Crippen molar-refractivity contribution in [2.45, 2.75) is 0 Å². The van der Waals surface area contributed by atoms with Gasteiger partial charge in [-0.1, -0.05) is 23.2 Å². The van der Waals surface area contributed by atoms with E-state index in [1.54, 1.807) is 0 Å². The Kier molecular flexibility index (Phi) is 3.12. The summed E-state index contributed by atoms with van der Waals surface area (Å²) in [6.45, 7) is 0. The predicted molar refractivity (Wildman–Crippen MR) is 51.1 cm³/mol. The van der Waals surface area contributed by atoms with Gasteiger partial charge in [0.2, 0.25) is 0 Å². The Morgan fingerprint density at radius 3 is 2.08 bits per heavy atom. The van der Waals surface area contributed by atoms with Crippen LogP contribution in [0.1, 0.15) is 5.56 Å². The molecule has 0 heterocycles. The lowest BCUT2D eigenvalue weighted by molar-refractivity contribution is 0.429. The first-order valence-electron chi connectivity index (χ1n) is 3.28. The fraction of sp³-hybridized carbons (Fsp3) is 0. The predicted octanol–water partition coefficient (Wildman–Crippen LogP) is 3.81. The van der Waals surface area contributed by atoms with Crippen LogP contribution >= 0.6 is 23.2 Å². The maximum absolute atomic E-state index is 11.9. The Labute approximate surface area is 83.7 Å². The molecule has 0 atom stereocenters. The second-order valence-corrected chi connectivity index (χ2v) is 3.15. The molecule has 1 nitrogen and oxygen atoms in total. The second-order valence-electron chi connectivity index (χ2n) is 2.33. The molecule has 0 unspecified atom stereocenters. The van der Waals surface area contributed by atoms with Gasteiger partial charge in [-0.05, 0) is 12.1 Å². The topological polar surface area (TPSA) is 26.0 Å². The molecule has 0 amide bonds. The molecule has 0 bridgehead atoms. The summed E-state index contributed by atoms with van der Waals surface area (Å²) >= 11 is 11.3. The summed E-state index contributed by atoms with van der Waals surface area (Å²) in [6.07, 6.45) is -1.25. The van der Waals surface area contributed by atoms with Gasteiger partial charge in [0.15, 0.2) is 0 Å². The Morgan fingerprint density at radius 1 is 1.23 bits per heavy atom. The van der Waals surface area contributed by atoms with Crippen molar-refractivity contribution < 1.29 is 8.78 Å². The second kappa shape index (κ2) is 3.94. The van der Waals surface area contributed by atoms with Crippen LogP contribution in [0, 0.1) is 0 Å². The summed E-state index contributed by atoms with van der Waals surface area (Å²) < 4.78 is 23.8. The van der Waals surface area contributed by atoms with E-state index in [9.17, 15) is 8.78 Å². The molecule has 13 heavy (non-hydrogen) atoms. The highest BCUT2D eigenvalue weighted by Crippen LogP contribution is 2.29. The highest BCUT2D eigenvalue weighted by molar-refractivity contribution is 6.37. The van der Waals surface area contributed by atoms with Crippen LogP contribution in [0.5, 0.6) is 0 Å². The van der Waals surface area contributed by atoms with Gasteiger partial charge in [0.05, 0.1) is 10.0 Å². The largest absolute Gasteiger partial charge is 0.399 e. The van der Waals surface area contributed by atoms with E-state index in [2.05, 4.69) is 0 Å². The van der Waals surface area contributed by atoms with Crippen molar-refractivity contribution in [1.29, 1.82) is 0 Å². The van der Waals surface area contributed by atoms with Gasteiger partial charge in [0.25, 0.3) is 6.08 Å². The molecule has 5 heteroatoms. The van der Waals surface area contributed by atoms with Crippen molar-refractivity contribution >= 4 is 35.0 Å². The molecule has 0 aliphatic carbocycles. The van der Waals surface area contributed by atoms with Gasteiger partial charge in [-0.15, -0.1) is 0 Å². The molecule has 0 radical (unpaired) electrons. The molecule has 2 N–H and O–H groups in total. The molecule has 1 aromatic carbocycles. The zero-order valence-corrected chi connectivity index (χ0v) is 7.83. The molecule has 0 spiro atoms. The van der Waals surface area contributed by atoms with Crippen LogP contribution in [0.15, 0.2) is 18.2 Å². The standard InChI is InChI=1S/C8H5Cl2F2N/c9-6-1-4(13)2-7(10)5(6)3-8(11)12/h1-3H,13H2. The van der Waals surface area contributed by atoms with Gasteiger partial charge in [-0.25, -0.2) is 0 Å². The first kappa shape index (κ1) is 10.3. The first-order valence-corrected chi connectivity index (χ1v) is 4.03. The molecular formula is C8H5Cl2F2N. The molecule has 0 aliphatic rings. The summed E-state index contributed by atoms with van der Waals surface area (Å²) in [4.78, 5) is 0. The molecule has 0 saturated heterocycles. The van der Waals surface area contributed by atoms with E-state index in [4.69, 9.17) is 28.9 Å². The number of halogens is 4. The van der Waals surface area contributed by atoms with Crippen molar-refractivity contribution in [2.24, 2.45) is 0 Å². The number of nitrogens with two attached hydrogens (primary N) is 1. The van der Waals surface area contributed by atoms with Gasteiger partial charge < -0.3 is 5.73 Å². The van der Waals surface area contributed by atoms with E-state index in [-0.39, 0.29) is 15.6 Å². The van der Waals surface area contributed by atoms with Crippen LogP contribution in [0.3, 0.4) is 0 Å². The average molecular weight is 224 g/mol. The lowest BCUT2D eigenvalue weighted by atomic mass is 10.2. The van der Waals surface area contributed by atoms with Gasteiger partial charge in [0.1, 0.15) is 0 Å². The molecular weight excluding hydrogens is 219 g/mol. The third kappa shape index (κ3) is 2.57. The number of rotatable bonds is 1. The number of hydrogen-bond acceptors (Lipinski definition) is 1. The van der Waals surface area contributed by atoms with Crippen LogP contribution in [-0.4, -0.2) is 0 Å². The van der Waals surface area contributed by atoms with E-state index >= 15 is 0 Å². The van der Waals surface area contributed by atoms with Gasteiger partial charge >= 0.3 is 0 Å². The molecule has 0 saturated carbocycles. The molecule has 0 fully saturated rings. The maximum Gasteiger partial charge on any atom is 0.271 e. The first-order chi connectivity index (χ1) is 6.00. The normalized spacial score (nSPS) is 9.85.